The van der Waals surface area contributed by atoms with Crippen molar-refractivity contribution in [2.75, 3.05) is 13.1 Å². The molecule has 0 radical (unpaired) electrons. The average Bonchev–Trinajstić information content (AvgIpc) is 2.53. The molecule has 0 aromatic heterocycles. The van der Waals surface area contributed by atoms with Crippen molar-refractivity contribution in [1.29, 1.82) is 0 Å². The summed E-state index contributed by atoms with van der Waals surface area (Å²) in [6, 6.07) is 0. The van der Waals surface area contributed by atoms with Gasteiger partial charge in [-0.3, -0.25) is 0 Å². The van der Waals surface area contributed by atoms with E-state index in [1.54, 1.807) is 20.8 Å². The van der Waals surface area contributed by atoms with Gasteiger partial charge < -0.3 is 15.4 Å². The van der Waals surface area contributed by atoms with E-state index in [1.165, 1.54) is 0 Å². The predicted molar refractivity (Wildman–Crippen MR) is 69.9 cm³/mol. The molecule has 1 saturated carbocycles. The fraction of sp³-hybridized carbons (Fsp3) is 0.917. The molecule has 1 heterocycles. The Kier molecular flexibility index (Phi) is 4.18. The molecule has 2 atom stereocenters. The first kappa shape index (κ1) is 15.5. The van der Waals surface area contributed by atoms with Crippen molar-refractivity contribution in [2.24, 2.45) is 0 Å². The Hall–Kier alpha value is -0.550. The summed E-state index contributed by atoms with van der Waals surface area (Å²) < 4.78 is 19.8. The minimum atomic E-state index is -1.32. The summed E-state index contributed by atoms with van der Waals surface area (Å²) in [6.45, 7) is 6.21. The van der Waals surface area contributed by atoms with Crippen molar-refractivity contribution in [1.82, 2.24) is 10.6 Å². The number of ether oxygens (including phenoxy) is 1. The minimum Gasteiger partial charge on any atom is -0.444 e. The third-order valence-corrected chi connectivity index (χ3v) is 3.61. The first-order chi connectivity index (χ1) is 7.77. The van der Waals surface area contributed by atoms with Crippen LogP contribution >= 0.6 is 12.4 Å². The molecule has 2 N–H and O–H groups in total. The quantitative estimate of drug-likeness (QED) is 0.774. The number of carbonyl (C=O) groups excluding carboxylic acids is 1. The monoisotopic (exact) mass is 280 g/mol. The lowest BCUT2D eigenvalue weighted by atomic mass is 9.88. The molecule has 0 bridgehead atoms. The van der Waals surface area contributed by atoms with Gasteiger partial charge in [-0.25, -0.2) is 9.18 Å². The Morgan fingerprint density at radius 3 is 2.61 bits per heavy atom. The molecule has 2 aliphatic rings. The summed E-state index contributed by atoms with van der Waals surface area (Å²) >= 11 is 0. The van der Waals surface area contributed by atoms with Gasteiger partial charge in [-0.2, -0.15) is 0 Å². The number of alkyl halides is 1. The third kappa shape index (κ3) is 2.72. The van der Waals surface area contributed by atoms with E-state index in [1.807, 2.05) is 0 Å². The summed E-state index contributed by atoms with van der Waals surface area (Å²) in [5.41, 5.74) is -2.64. The average molecular weight is 281 g/mol. The van der Waals surface area contributed by atoms with Crippen molar-refractivity contribution in [3.8, 4) is 0 Å². The van der Waals surface area contributed by atoms with Crippen LogP contribution in [-0.4, -0.2) is 36.0 Å². The maximum atomic E-state index is 14.6. The highest BCUT2D eigenvalue weighted by Crippen LogP contribution is 2.44. The third-order valence-electron chi connectivity index (χ3n) is 3.61. The van der Waals surface area contributed by atoms with Crippen molar-refractivity contribution in [2.45, 2.75) is 56.8 Å². The smallest absolute Gasteiger partial charge is 0.408 e. The first-order valence-electron chi connectivity index (χ1n) is 6.17. The minimum absolute atomic E-state index is 0. The van der Waals surface area contributed by atoms with Gasteiger partial charge in [-0.1, -0.05) is 0 Å². The first-order valence-corrected chi connectivity index (χ1v) is 6.17. The summed E-state index contributed by atoms with van der Waals surface area (Å²) in [6.07, 6.45) is 1.48. The molecule has 18 heavy (non-hydrogen) atoms. The molecule has 106 valence electrons. The standard InChI is InChI=1S/C12H21FN2O2.ClH/c1-10(2,3)17-9(16)15-12-6-4-5-11(12,13)7-14-8-12;/h14H,4-8H2,1-3H3,(H,15,16);1H/t11-,12+;/m0./s1. The number of nitrogens with one attached hydrogen (secondary N) is 2. The van der Waals surface area contributed by atoms with Gasteiger partial charge in [0.05, 0.1) is 5.54 Å². The molecule has 1 aliphatic heterocycles. The van der Waals surface area contributed by atoms with Gasteiger partial charge in [-0.15, -0.1) is 12.4 Å². The van der Waals surface area contributed by atoms with Crippen LogP contribution in [0, 0.1) is 0 Å². The summed E-state index contributed by atoms with van der Waals surface area (Å²) in [4.78, 5) is 11.8. The molecular formula is C12H22ClFN2O2. The van der Waals surface area contributed by atoms with Gasteiger partial charge in [-0.05, 0) is 40.0 Å². The highest BCUT2D eigenvalue weighted by molar-refractivity contribution is 5.85. The second-order valence-corrected chi connectivity index (χ2v) is 6.13. The maximum absolute atomic E-state index is 14.6. The molecule has 0 spiro atoms. The predicted octanol–water partition coefficient (Wildman–Crippen LogP) is 2.17. The van der Waals surface area contributed by atoms with E-state index in [2.05, 4.69) is 10.6 Å². The van der Waals surface area contributed by atoms with Crippen LogP contribution < -0.4 is 10.6 Å². The number of hydrogen-bond acceptors (Lipinski definition) is 3. The molecular weight excluding hydrogens is 259 g/mol. The fourth-order valence-corrected chi connectivity index (χ4v) is 2.83. The van der Waals surface area contributed by atoms with Crippen LogP contribution in [0.2, 0.25) is 0 Å². The zero-order valence-electron chi connectivity index (χ0n) is 11.1. The van der Waals surface area contributed by atoms with Crippen LogP contribution in [0.3, 0.4) is 0 Å². The lowest BCUT2D eigenvalue weighted by Gasteiger charge is -2.34. The van der Waals surface area contributed by atoms with E-state index in [0.717, 1.165) is 6.42 Å². The number of carbonyl (C=O) groups is 1. The van der Waals surface area contributed by atoms with Gasteiger partial charge in [0, 0.05) is 13.1 Å². The summed E-state index contributed by atoms with van der Waals surface area (Å²) in [5.74, 6) is 0. The van der Waals surface area contributed by atoms with E-state index in [4.69, 9.17) is 4.74 Å². The molecule has 1 saturated heterocycles. The van der Waals surface area contributed by atoms with Crippen LogP contribution in [-0.2, 0) is 4.74 Å². The number of halogens is 2. The van der Waals surface area contributed by atoms with Crippen molar-refractivity contribution < 1.29 is 13.9 Å². The zero-order valence-corrected chi connectivity index (χ0v) is 12.0. The maximum Gasteiger partial charge on any atom is 0.408 e. The van der Waals surface area contributed by atoms with Gasteiger partial charge in [0.25, 0.3) is 0 Å². The Bertz CT molecular complexity index is 321. The molecule has 4 nitrogen and oxygen atoms in total. The van der Waals surface area contributed by atoms with Gasteiger partial charge in [0.2, 0.25) is 0 Å². The van der Waals surface area contributed by atoms with Gasteiger partial charge >= 0.3 is 6.09 Å². The second-order valence-electron chi connectivity index (χ2n) is 6.13. The van der Waals surface area contributed by atoms with E-state index in [9.17, 15) is 9.18 Å². The summed E-state index contributed by atoms with van der Waals surface area (Å²) in [7, 11) is 0. The molecule has 0 unspecified atom stereocenters. The Balaban J connectivity index is 0.00000162. The Labute approximate surface area is 113 Å². The lowest BCUT2D eigenvalue weighted by molar-refractivity contribution is 0.0333. The molecule has 2 rings (SSSR count). The SMILES string of the molecule is CC(C)(C)OC(=O)N[C@@]12CCC[C@]1(F)CNC2.Cl. The second kappa shape index (κ2) is 4.85. The van der Waals surface area contributed by atoms with Crippen LogP contribution in [0.25, 0.3) is 0 Å². The van der Waals surface area contributed by atoms with Crippen LogP contribution in [0.5, 0.6) is 0 Å². The molecule has 2 fully saturated rings. The molecule has 6 heteroatoms. The number of rotatable bonds is 1. The number of amides is 1. The highest BCUT2D eigenvalue weighted by atomic mass is 35.5. The van der Waals surface area contributed by atoms with Crippen molar-refractivity contribution in [3.05, 3.63) is 0 Å². The van der Waals surface area contributed by atoms with Crippen molar-refractivity contribution in [3.63, 3.8) is 0 Å². The Morgan fingerprint density at radius 1 is 1.33 bits per heavy atom. The van der Waals surface area contributed by atoms with E-state index in [0.29, 0.717) is 25.9 Å². The topological polar surface area (TPSA) is 50.4 Å². The van der Waals surface area contributed by atoms with Crippen LogP contribution in [0.15, 0.2) is 0 Å². The number of alkyl carbamates (subject to hydrolysis) is 1. The van der Waals surface area contributed by atoms with Crippen LogP contribution in [0.4, 0.5) is 9.18 Å². The van der Waals surface area contributed by atoms with E-state index in [-0.39, 0.29) is 12.4 Å². The lowest BCUT2D eigenvalue weighted by Crippen LogP contribution is -2.59. The van der Waals surface area contributed by atoms with Crippen LogP contribution in [0.1, 0.15) is 40.0 Å². The Morgan fingerprint density at radius 2 is 2.00 bits per heavy atom. The van der Waals surface area contributed by atoms with Crippen molar-refractivity contribution >= 4 is 18.5 Å². The summed E-state index contributed by atoms with van der Waals surface area (Å²) in [5, 5.41) is 5.78. The van der Waals surface area contributed by atoms with E-state index >= 15 is 0 Å². The molecule has 1 aliphatic carbocycles. The van der Waals surface area contributed by atoms with Gasteiger partial charge in [0.1, 0.15) is 11.3 Å². The molecule has 1 amide bonds. The normalized spacial score (nSPS) is 34.7. The number of fused-ring (bicyclic) bond motifs is 1. The molecule has 0 aromatic rings. The number of hydrogen-bond donors (Lipinski definition) is 2. The largest absolute Gasteiger partial charge is 0.444 e. The van der Waals surface area contributed by atoms with E-state index < -0.39 is 22.9 Å². The fourth-order valence-electron chi connectivity index (χ4n) is 2.83. The zero-order chi connectivity index (χ0) is 12.7. The molecule has 0 aromatic carbocycles. The van der Waals surface area contributed by atoms with Gasteiger partial charge in [0.15, 0.2) is 0 Å². The highest BCUT2D eigenvalue weighted by Gasteiger charge is 2.60.